The number of hydrogen-bond acceptors (Lipinski definition) is 5. The van der Waals surface area contributed by atoms with Crippen LogP contribution in [0.15, 0.2) is 54.7 Å². The van der Waals surface area contributed by atoms with Crippen LogP contribution < -0.4 is 4.74 Å². The summed E-state index contributed by atoms with van der Waals surface area (Å²) in [7, 11) is 1.63. The maximum Gasteiger partial charge on any atom is 0.303 e. The van der Waals surface area contributed by atoms with E-state index >= 15 is 0 Å². The fraction of sp³-hybridized carbons (Fsp3) is 0.484. The first-order chi connectivity index (χ1) is 18.4. The quantitative estimate of drug-likeness (QED) is 0.267. The number of rotatable bonds is 13. The first kappa shape index (κ1) is 28.0. The van der Waals surface area contributed by atoms with Gasteiger partial charge in [-0.25, -0.2) is 4.39 Å². The van der Waals surface area contributed by atoms with E-state index in [1.165, 1.54) is 12.1 Å². The molecule has 4 rings (SSSR count). The van der Waals surface area contributed by atoms with Crippen molar-refractivity contribution in [2.24, 2.45) is 11.8 Å². The Bertz CT molecular complexity index is 1190. The number of benzene rings is 2. The zero-order chi connectivity index (χ0) is 26.9. The van der Waals surface area contributed by atoms with Gasteiger partial charge in [0.2, 0.25) is 0 Å². The third kappa shape index (κ3) is 7.74. The maximum atomic E-state index is 13.1. The second kappa shape index (κ2) is 13.7. The summed E-state index contributed by atoms with van der Waals surface area (Å²) in [6.45, 7) is 2.89. The molecule has 3 atom stereocenters. The van der Waals surface area contributed by atoms with Crippen molar-refractivity contribution in [1.82, 2.24) is 9.88 Å². The van der Waals surface area contributed by atoms with E-state index in [1.807, 2.05) is 36.4 Å². The van der Waals surface area contributed by atoms with E-state index < -0.39 is 12.1 Å². The van der Waals surface area contributed by atoms with Gasteiger partial charge >= 0.3 is 5.97 Å². The zero-order valence-electron chi connectivity index (χ0n) is 22.2. The lowest BCUT2D eigenvalue weighted by molar-refractivity contribution is -0.137. The van der Waals surface area contributed by atoms with Crippen LogP contribution in [0.5, 0.6) is 5.75 Å². The highest BCUT2D eigenvalue weighted by atomic mass is 19.1. The summed E-state index contributed by atoms with van der Waals surface area (Å²) in [5.74, 6) is 0.474. The van der Waals surface area contributed by atoms with Gasteiger partial charge in [0.05, 0.1) is 18.7 Å². The number of nitrogens with zero attached hydrogens (tertiary/aromatic N) is 2. The Labute approximate surface area is 224 Å². The molecule has 1 fully saturated rings. The number of halogens is 1. The summed E-state index contributed by atoms with van der Waals surface area (Å²) >= 11 is 0. The van der Waals surface area contributed by atoms with Crippen LogP contribution in [-0.2, 0) is 11.2 Å². The van der Waals surface area contributed by atoms with E-state index in [9.17, 15) is 19.4 Å². The number of aliphatic carboxylic acids is 1. The lowest BCUT2D eigenvalue weighted by atomic mass is 9.79. The number of carboxylic acid groups (broad SMARTS) is 1. The number of hydrogen-bond donors (Lipinski definition) is 2. The molecule has 1 aliphatic heterocycles. The van der Waals surface area contributed by atoms with Crippen molar-refractivity contribution < 1.29 is 24.1 Å². The monoisotopic (exact) mass is 522 g/mol. The maximum absolute atomic E-state index is 13.1. The van der Waals surface area contributed by atoms with Gasteiger partial charge in [-0.05, 0) is 117 Å². The van der Waals surface area contributed by atoms with Crippen molar-refractivity contribution >= 4 is 16.9 Å². The van der Waals surface area contributed by atoms with Crippen LogP contribution in [-0.4, -0.2) is 52.8 Å². The van der Waals surface area contributed by atoms with E-state index in [-0.39, 0.29) is 12.2 Å². The molecule has 0 unspecified atom stereocenters. The molecule has 1 aliphatic rings. The Morgan fingerprint density at radius 1 is 1.13 bits per heavy atom. The average molecular weight is 523 g/mol. The molecular weight excluding hydrogens is 483 g/mol. The standard InChI is InChI=1S/C31H39FN2O4/c1-38-26-11-12-29-28(20-26)27(15-17-33-29)30(35)13-7-23-16-19-34(21-24(23)8-14-31(36)37)18-3-2-4-22-5-9-25(32)10-6-22/h5-6,9-12,15,17,20,23-24,30,35H,2-4,7-8,13-14,16,18-19,21H2,1H3,(H,36,37)/t23-,24-,30-/m1/s1. The summed E-state index contributed by atoms with van der Waals surface area (Å²) in [5.41, 5.74) is 2.84. The van der Waals surface area contributed by atoms with Crippen LogP contribution in [0.25, 0.3) is 10.9 Å². The van der Waals surface area contributed by atoms with Gasteiger partial charge in [-0.15, -0.1) is 0 Å². The second-order valence-electron chi connectivity index (χ2n) is 10.5. The number of fused-ring (bicyclic) bond motifs is 1. The molecule has 204 valence electrons. The number of ether oxygens (including phenoxy) is 1. The van der Waals surface area contributed by atoms with Gasteiger partial charge in [0.25, 0.3) is 0 Å². The summed E-state index contributed by atoms with van der Waals surface area (Å²) in [6, 6.07) is 14.3. The second-order valence-corrected chi connectivity index (χ2v) is 10.5. The van der Waals surface area contributed by atoms with Crippen molar-refractivity contribution in [3.05, 3.63) is 71.7 Å². The van der Waals surface area contributed by atoms with Gasteiger partial charge in [-0.1, -0.05) is 12.1 Å². The van der Waals surface area contributed by atoms with Crippen molar-refractivity contribution in [1.29, 1.82) is 0 Å². The predicted molar refractivity (Wildman–Crippen MR) is 147 cm³/mol. The number of likely N-dealkylation sites (tertiary alicyclic amines) is 1. The first-order valence-corrected chi connectivity index (χ1v) is 13.7. The Morgan fingerprint density at radius 2 is 1.95 bits per heavy atom. The van der Waals surface area contributed by atoms with E-state index in [0.717, 1.165) is 79.5 Å². The Kier molecular flexibility index (Phi) is 10.1. The van der Waals surface area contributed by atoms with Gasteiger partial charge in [0, 0.05) is 24.5 Å². The number of piperidine rings is 1. The van der Waals surface area contributed by atoms with E-state index in [2.05, 4.69) is 9.88 Å². The Balaban J connectivity index is 1.31. The molecule has 0 bridgehead atoms. The van der Waals surface area contributed by atoms with Gasteiger partial charge in [0.1, 0.15) is 11.6 Å². The molecule has 2 heterocycles. The predicted octanol–water partition coefficient (Wildman–Crippen LogP) is 6.02. The molecule has 0 spiro atoms. The molecule has 0 aliphatic carbocycles. The van der Waals surface area contributed by atoms with Gasteiger partial charge in [-0.2, -0.15) is 0 Å². The lowest BCUT2D eigenvalue weighted by Gasteiger charge is -2.39. The summed E-state index contributed by atoms with van der Waals surface area (Å²) < 4.78 is 18.5. The molecule has 1 aromatic heterocycles. The normalized spacial score (nSPS) is 18.9. The van der Waals surface area contributed by atoms with Gasteiger partial charge in [-0.3, -0.25) is 9.78 Å². The molecule has 2 N–H and O–H groups in total. The molecule has 3 aromatic rings. The van der Waals surface area contributed by atoms with Crippen LogP contribution in [0.4, 0.5) is 4.39 Å². The minimum atomic E-state index is -0.752. The minimum absolute atomic E-state index is 0.177. The van der Waals surface area contributed by atoms with E-state index in [4.69, 9.17) is 4.74 Å². The number of methoxy groups -OCH3 is 1. The van der Waals surface area contributed by atoms with Crippen LogP contribution in [0.1, 0.15) is 62.2 Å². The van der Waals surface area contributed by atoms with Gasteiger partial charge in [0.15, 0.2) is 0 Å². The molecule has 2 aromatic carbocycles. The highest BCUT2D eigenvalue weighted by molar-refractivity contribution is 5.83. The fourth-order valence-corrected chi connectivity index (χ4v) is 5.78. The molecule has 1 saturated heterocycles. The molecule has 0 radical (unpaired) electrons. The third-order valence-electron chi connectivity index (χ3n) is 7.96. The van der Waals surface area contributed by atoms with Crippen molar-refractivity contribution in [3.63, 3.8) is 0 Å². The Morgan fingerprint density at radius 3 is 2.71 bits per heavy atom. The number of aryl methyl sites for hydroxylation is 1. The molecule has 38 heavy (non-hydrogen) atoms. The fourth-order valence-electron chi connectivity index (χ4n) is 5.78. The number of aliphatic hydroxyl groups is 1. The average Bonchev–Trinajstić information content (AvgIpc) is 2.93. The van der Waals surface area contributed by atoms with Crippen LogP contribution in [0.2, 0.25) is 0 Å². The van der Waals surface area contributed by atoms with Crippen LogP contribution in [0, 0.1) is 17.7 Å². The highest BCUT2D eigenvalue weighted by Crippen LogP contribution is 2.35. The van der Waals surface area contributed by atoms with E-state index in [1.54, 1.807) is 13.3 Å². The topological polar surface area (TPSA) is 82.9 Å². The number of aromatic nitrogens is 1. The minimum Gasteiger partial charge on any atom is -0.497 e. The molecule has 0 saturated carbocycles. The third-order valence-corrected chi connectivity index (χ3v) is 7.96. The number of pyridine rings is 1. The smallest absolute Gasteiger partial charge is 0.303 e. The van der Waals surface area contributed by atoms with Crippen molar-refractivity contribution in [3.8, 4) is 5.75 Å². The molecule has 6 nitrogen and oxygen atoms in total. The van der Waals surface area contributed by atoms with E-state index in [0.29, 0.717) is 24.7 Å². The number of carbonyl (C=O) groups is 1. The zero-order valence-corrected chi connectivity index (χ0v) is 22.2. The largest absolute Gasteiger partial charge is 0.497 e. The first-order valence-electron chi connectivity index (χ1n) is 13.7. The SMILES string of the molecule is COc1ccc2nccc([C@H](O)CC[C@@H]3CCN(CCCCc4ccc(F)cc4)C[C@H]3CCC(=O)O)c2c1. The summed E-state index contributed by atoms with van der Waals surface area (Å²) in [5, 5.41) is 21.3. The molecular formula is C31H39FN2O4. The number of carboxylic acids is 1. The summed E-state index contributed by atoms with van der Waals surface area (Å²) in [6.07, 6.45) is 7.50. The van der Waals surface area contributed by atoms with Crippen molar-refractivity contribution in [2.75, 3.05) is 26.7 Å². The van der Waals surface area contributed by atoms with Crippen molar-refractivity contribution in [2.45, 2.75) is 57.5 Å². The van der Waals surface area contributed by atoms with Crippen LogP contribution >= 0.6 is 0 Å². The summed E-state index contributed by atoms with van der Waals surface area (Å²) in [4.78, 5) is 18.2. The number of unbranched alkanes of at least 4 members (excludes halogenated alkanes) is 1. The molecule has 7 heteroatoms. The molecule has 0 amide bonds. The van der Waals surface area contributed by atoms with Gasteiger partial charge < -0.3 is 19.8 Å². The highest BCUT2D eigenvalue weighted by Gasteiger charge is 2.30. The number of aliphatic hydroxyl groups excluding tert-OH is 1. The Hall–Kier alpha value is -3.03. The van der Waals surface area contributed by atoms with Crippen LogP contribution in [0.3, 0.4) is 0 Å². The lowest BCUT2D eigenvalue weighted by Crippen LogP contribution is -2.41.